The van der Waals surface area contributed by atoms with E-state index in [2.05, 4.69) is 22.3 Å². The fraction of sp³-hybridized carbons (Fsp3) is 0.765. The van der Waals surface area contributed by atoms with Crippen LogP contribution in [0.4, 0.5) is 4.79 Å². The van der Waals surface area contributed by atoms with E-state index >= 15 is 0 Å². The van der Waals surface area contributed by atoms with Crippen molar-refractivity contribution >= 4 is 6.03 Å². The molecule has 1 aliphatic rings. The highest BCUT2D eigenvalue weighted by Crippen LogP contribution is 2.09. The fourth-order valence-corrected chi connectivity index (χ4v) is 2.65. The number of carbonyl (C=O) groups is 1. The molecule has 0 atom stereocenters. The molecule has 0 unspecified atom stereocenters. The van der Waals surface area contributed by atoms with E-state index in [-0.39, 0.29) is 6.03 Å². The van der Waals surface area contributed by atoms with Crippen molar-refractivity contribution in [2.75, 3.05) is 45.9 Å². The number of piperazine rings is 1. The third-order valence-electron chi connectivity index (χ3n) is 4.10. The summed E-state index contributed by atoms with van der Waals surface area (Å²) in [6.07, 6.45) is 3.11. The van der Waals surface area contributed by atoms with Crippen LogP contribution in [0.3, 0.4) is 0 Å². The Kier molecular flexibility index (Phi) is 8.04. The Morgan fingerprint density at radius 1 is 1.29 bits per heavy atom. The maximum atomic E-state index is 12.1. The summed E-state index contributed by atoms with van der Waals surface area (Å²) in [6, 6.07) is 1.99. The SMILES string of the molecule is CCCCOCCCNC(=O)N1CCN(Cc2cc(C)no2)CC1. The highest BCUT2D eigenvalue weighted by molar-refractivity contribution is 5.74. The number of carbonyl (C=O) groups excluding carboxylic acids is 1. The van der Waals surface area contributed by atoms with Crippen LogP contribution >= 0.6 is 0 Å². The highest BCUT2D eigenvalue weighted by Gasteiger charge is 2.21. The Bertz CT molecular complexity index is 484. The molecule has 136 valence electrons. The van der Waals surface area contributed by atoms with Crippen LogP contribution in [0.2, 0.25) is 0 Å². The fourth-order valence-electron chi connectivity index (χ4n) is 2.65. The summed E-state index contributed by atoms with van der Waals surface area (Å²) in [4.78, 5) is 16.3. The number of nitrogens with zero attached hydrogens (tertiary/aromatic N) is 3. The molecule has 24 heavy (non-hydrogen) atoms. The van der Waals surface area contributed by atoms with Gasteiger partial charge in [-0.1, -0.05) is 18.5 Å². The number of hydrogen-bond donors (Lipinski definition) is 1. The number of amides is 2. The van der Waals surface area contributed by atoms with Crippen LogP contribution < -0.4 is 5.32 Å². The first-order valence-electron chi connectivity index (χ1n) is 8.94. The number of rotatable bonds is 9. The van der Waals surface area contributed by atoms with Crippen molar-refractivity contribution in [2.24, 2.45) is 0 Å². The molecule has 0 aromatic carbocycles. The van der Waals surface area contributed by atoms with Gasteiger partial charge in [0.15, 0.2) is 5.76 Å². The molecule has 0 spiro atoms. The van der Waals surface area contributed by atoms with Crippen LogP contribution in [0.1, 0.15) is 37.6 Å². The molecule has 7 heteroatoms. The minimum Gasteiger partial charge on any atom is -0.381 e. The maximum Gasteiger partial charge on any atom is 0.317 e. The largest absolute Gasteiger partial charge is 0.381 e. The average molecular weight is 338 g/mol. The van der Waals surface area contributed by atoms with Gasteiger partial charge in [-0.2, -0.15) is 0 Å². The van der Waals surface area contributed by atoms with Gasteiger partial charge in [-0.05, 0) is 19.8 Å². The number of unbranched alkanes of at least 4 members (excludes halogenated alkanes) is 1. The molecule has 0 bridgehead atoms. The molecule has 0 radical (unpaired) electrons. The molecule has 1 fully saturated rings. The Morgan fingerprint density at radius 2 is 2.04 bits per heavy atom. The molecule has 1 saturated heterocycles. The number of nitrogens with one attached hydrogen (secondary N) is 1. The molecule has 2 amide bonds. The van der Waals surface area contributed by atoms with Crippen molar-refractivity contribution < 1.29 is 14.1 Å². The zero-order valence-electron chi connectivity index (χ0n) is 14.9. The van der Waals surface area contributed by atoms with Gasteiger partial charge in [-0.25, -0.2) is 4.79 Å². The van der Waals surface area contributed by atoms with Gasteiger partial charge in [0.1, 0.15) is 0 Å². The normalized spacial score (nSPS) is 15.7. The summed E-state index contributed by atoms with van der Waals surface area (Å²) < 4.78 is 10.7. The third-order valence-corrected chi connectivity index (χ3v) is 4.10. The lowest BCUT2D eigenvalue weighted by atomic mass is 10.3. The minimum atomic E-state index is 0.0266. The first-order chi connectivity index (χ1) is 11.7. The topological polar surface area (TPSA) is 70.8 Å². The lowest BCUT2D eigenvalue weighted by molar-refractivity contribution is 0.121. The van der Waals surface area contributed by atoms with E-state index in [1.54, 1.807) is 0 Å². The summed E-state index contributed by atoms with van der Waals surface area (Å²) in [6.45, 7) is 10.2. The van der Waals surface area contributed by atoms with E-state index in [1.807, 2.05) is 17.9 Å². The van der Waals surface area contributed by atoms with Gasteiger partial charge >= 0.3 is 6.03 Å². The predicted octanol–water partition coefficient (Wildman–Crippen LogP) is 2.02. The highest BCUT2D eigenvalue weighted by atomic mass is 16.5. The van der Waals surface area contributed by atoms with Gasteiger partial charge in [0.25, 0.3) is 0 Å². The van der Waals surface area contributed by atoms with Crippen LogP contribution in [0.15, 0.2) is 10.6 Å². The van der Waals surface area contributed by atoms with Crippen molar-refractivity contribution in [3.8, 4) is 0 Å². The number of urea groups is 1. The first-order valence-corrected chi connectivity index (χ1v) is 8.94. The van der Waals surface area contributed by atoms with Gasteiger partial charge in [0.2, 0.25) is 0 Å². The zero-order valence-corrected chi connectivity index (χ0v) is 14.9. The molecule has 1 aliphatic heterocycles. The molecule has 2 rings (SSSR count). The Hall–Kier alpha value is -1.60. The summed E-state index contributed by atoms with van der Waals surface area (Å²) >= 11 is 0. The Balaban J connectivity index is 1.55. The van der Waals surface area contributed by atoms with Crippen molar-refractivity contribution in [3.63, 3.8) is 0 Å². The Morgan fingerprint density at radius 3 is 2.71 bits per heavy atom. The van der Waals surface area contributed by atoms with Crippen LogP contribution in [0, 0.1) is 6.92 Å². The molecular weight excluding hydrogens is 308 g/mol. The standard InChI is InChI=1S/C17H30N4O3/c1-3-4-11-23-12-5-6-18-17(22)21-9-7-20(8-10-21)14-16-13-15(2)19-24-16/h13H,3-12,14H2,1-2H3,(H,18,22). The number of aromatic nitrogens is 1. The number of hydrogen-bond acceptors (Lipinski definition) is 5. The third kappa shape index (κ3) is 6.49. The van der Waals surface area contributed by atoms with Crippen molar-refractivity contribution in [1.29, 1.82) is 0 Å². The predicted molar refractivity (Wildman–Crippen MR) is 91.8 cm³/mol. The lowest BCUT2D eigenvalue weighted by Gasteiger charge is -2.34. The smallest absolute Gasteiger partial charge is 0.317 e. The molecule has 1 aromatic heterocycles. The maximum absolute atomic E-state index is 12.1. The van der Waals surface area contributed by atoms with Gasteiger partial charge < -0.3 is 19.5 Å². The van der Waals surface area contributed by atoms with Gasteiger partial charge in [-0.15, -0.1) is 0 Å². The van der Waals surface area contributed by atoms with Gasteiger partial charge in [0.05, 0.1) is 12.2 Å². The zero-order chi connectivity index (χ0) is 17.2. The second-order valence-corrected chi connectivity index (χ2v) is 6.25. The van der Waals surface area contributed by atoms with Crippen LogP contribution in [-0.2, 0) is 11.3 Å². The lowest BCUT2D eigenvalue weighted by Crippen LogP contribution is -2.51. The molecule has 0 saturated carbocycles. The molecule has 7 nitrogen and oxygen atoms in total. The van der Waals surface area contributed by atoms with Crippen molar-refractivity contribution in [2.45, 2.75) is 39.7 Å². The van der Waals surface area contributed by atoms with E-state index in [4.69, 9.17) is 9.26 Å². The van der Waals surface area contributed by atoms with E-state index in [0.29, 0.717) is 13.2 Å². The van der Waals surface area contributed by atoms with E-state index in [9.17, 15) is 4.79 Å². The van der Waals surface area contributed by atoms with E-state index < -0.39 is 0 Å². The monoisotopic (exact) mass is 338 g/mol. The second kappa shape index (κ2) is 10.3. The summed E-state index contributed by atoms with van der Waals surface area (Å²) in [5.41, 5.74) is 0.904. The minimum absolute atomic E-state index is 0.0266. The molecule has 0 aliphatic carbocycles. The first kappa shape index (κ1) is 18.7. The van der Waals surface area contributed by atoms with E-state index in [0.717, 1.165) is 70.0 Å². The van der Waals surface area contributed by atoms with Crippen molar-refractivity contribution in [3.05, 3.63) is 17.5 Å². The van der Waals surface area contributed by atoms with Crippen LogP contribution in [0.25, 0.3) is 0 Å². The molecular formula is C17H30N4O3. The quantitative estimate of drug-likeness (QED) is 0.698. The molecule has 1 N–H and O–H groups in total. The molecule has 2 heterocycles. The average Bonchev–Trinajstić information content (AvgIpc) is 2.99. The second-order valence-electron chi connectivity index (χ2n) is 6.25. The summed E-state index contributed by atoms with van der Waals surface area (Å²) in [5, 5.41) is 6.88. The van der Waals surface area contributed by atoms with Crippen LogP contribution in [-0.4, -0.2) is 66.9 Å². The molecule has 1 aromatic rings. The number of ether oxygens (including phenoxy) is 1. The van der Waals surface area contributed by atoms with E-state index in [1.165, 1.54) is 0 Å². The summed E-state index contributed by atoms with van der Waals surface area (Å²) in [5.74, 6) is 0.883. The van der Waals surface area contributed by atoms with Gasteiger partial charge in [0, 0.05) is 52.0 Å². The summed E-state index contributed by atoms with van der Waals surface area (Å²) in [7, 11) is 0. The van der Waals surface area contributed by atoms with Crippen LogP contribution in [0.5, 0.6) is 0 Å². The van der Waals surface area contributed by atoms with Gasteiger partial charge in [-0.3, -0.25) is 4.90 Å². The Labute approximate surface area is 144 Å². The van der Waals surface area contributed by atoms with Crippen molar-refractivity contribution in [1.82, 2.24) is 20.3 Å². The number of aryl methyl sites for hydroxylation is 1.